The van der Waals surface area contributed by atoms with Crippen LogP contribution < -0.4 is 10.5 Å². The number of aromatic hydroxyl groups is 1. The summed E-state index contributed by atoms with van der Waals surface area (Å²) in [6.45, 7) is 2.47. The van der Waals surface area contributed by atoms with Crippen LogP contribution in [0.15, 0.2) is 42.6 Å². The second-order valence-electron chi connectivity index (χ2n) is 4.82. The lowest BCUT2D eigenvalue weighted by Crippen LogP contribution is -2.21. The van der Waals surface area contributed by atoms with Gasteiger partial charge in [-0.05, 0) is 36.2 Å². The summed E-state index contributed by atoms with van der Waals surface area (Å²) < 4.78 is 5.63. The fourth-order valence-electron chi connectivity index (χ4n) is 1.84. The number of ether oxygens (including phenoxy) is 1. The molecule has 0 aliphatic rings. The van der Waals surface area contributed by atoms with Gasteiger partial charge < -0.3 is 15.6 Å². The molecule has 0 saturated carbocycles. The van der Waals surface area contributed by atoms with Gasteiger partial charge in [-0.2, -0.15) is 0 Å². The normalized spacial score (nSPS) is 12.1. The Morgan fingerprint density at radius 3 is 2.80 bits per heavy atom. The van der Waals surface area contributed by atoms with Crippen molar-refractivity contribution in [3.8, 4) is 11.5 Å². The minimum Gasteiger partial charge on any atom is -0.508 e. The van der Waals surface area contributed by atoms with Gasteiger partial charge in [0.1, 0.15) is 18.1 Å². The van der Waals surface area contributed by atoms with Crippen molar-refractivity contribution >= 4 is 0 Å². The van der Waals surface area contributed by atoms with E-state index in [2.05, 4.69) is 11.9 Å². The van der Waals surface area contributed by atoms with Crippen LogP contribution in [0.2, 0.25) is 0 Å². The molecule has 0 aliphatic carbocycles. The SMILES string of the molecule is CCC(N)Cc1ccc(OCc2cccc(O)c2)cn1. The van der Waals surface area contributed by atoms with Gasteiger partial charge in [0.2, 0.25) is 0 Å². The second kappa shape index (κ2) is 6.91. The van der Waals surface area contributed by atoms with Crippen LogP contribution in [0.5, 0.6) is 11.5 Å². The number of phenolic OH excluding ortho intramolecular Hbond substituents is 1. The molecule has 0 aliphatic heterocycles. The van der Waals surface area contributed by atoms with E-state index in [0.29, 0.717) is 12.4 Å². The molecule has 0 radical (unpaired) electrons. The molecule has 0 saturated heterocycles. The van der Waals surface area contributed by atoms with Crippen molar-refractivity contribution in [2.45, 2.75) is 32.4 Å². The summed E-state index contributed by atoms with van der Waals surface area (Å²) in [5.41, 5.74) is 7.79. The lowest BCUT2D eigenvalue weighted by Gasteiger charge is -2.09. The summed E-state index contributed by atoms with van der Waals surface area (Å²) in [5.74, 6) is 0.954. The van der Waals surface area contributed by atoms with Gasteiger partial charge in [-0.25, -0.2) is 0 Å². The molecule has 1 heterocycles. The van der Waals surface area contributed by atoms with Crippen LogP contribution in [0.3, 0.4) is 0 Å². The van der Waals surface area contributed by atoms with Crippen molar-refractivity contribution in [1.29, 1.82) is 0 Å². The van der Waals surface area contributed by atoms with E-state index >= 15 is 0 Å². The molecular formula is C16H20N2O2. The third-order valence-corrected chi connectivity index (χ3v) is 3.11. The summed E-state index contributed by atoms with van der Waals surface area (Å²) in [7, 11) is 0. The van der Waals surface area contributed by atoms with Crippen LogP contribution in [0.25, 0.3) is 0 Å². The number of pyridine rings is 1. The maximum absolute atomic E-state index is 9.37. The Labute approximate surface area is 119 Å². The van der Waals surface area contributed by atoms with Crippen molar-refractivity contribution in [3.63, 3.8) is 0 Å². The average molecular weight is 272 g/mol. The summed E-state index contributed by atoms with van der Waals surface area (Å²) in [6, 6.07) is 11.0. The van der Waals surface area contributed by atoms with Crippen molar-refractivity contribution in [2.75, 3.05) is 0 Å². The molecule has 1 unspecified atom stereocenters. The molecule has 1 atom stereocenters. The van der Waals surface area contributed by atoms with E-state index < -0.39 is 0 Å². The monoisotopic (exact) mass is 272 g/mol. The first-order chi connectivity index (χ1) is 9.67. The number of nitrogens with two attached hydrogens (primary N) is 1. The average Bonchev–Trinajstić information content (AvgIpc) is 2.46. The minimum absolute atomic E-state index is 0.154. The fraction of sp³-hybridized carbons (Fsp3) is 0.312. The molecule has 4 heteroatoms. The molecule has 106 valence electrons. The molecule has 0 bridgehead atoms. The van der Waals surface area contributed by atoms with Crippen molar-refractivity contribution < 1.29 is 9.84 Å². The summed E-state index contributed by atoms with van der Waals surface area (Å²) in [6.07, 6.45) is 3.43. The number of hydrogen-bond donors (Lipinski definition) is 2. The predicted molar refractivity (Wildman–Crippen MR) is 78.6 cm³/mol. The molecule has 2 aromatic rings. The molecule has 0 fully saturated rings. The Morgan fingerprint density at radius 2 is 2.15 bits per heavy atom. The smallest absolute Gasteiger partial charge is 0.138 e. The maximum atomic E-state index is 9.37. The summed E-state index contributed by atoms with van der Waals surface area (Å²) in [5, 5.41) is 9.37. The van der Waals surface area contributed by atoms with Gasteiger partial charge in [-0.15, -0.1) is 0 Å². The van der Waals surface area contributed by atoms with E-state index in [0.717, 1.165) is 24.1 Å². The maximum Gasteiger partial charge on any atom is 0.138 e. The van der Waals surface area contributed by atoms with Gasteiger partial charge in [-0.3, -0.25) is 4.98 Å². The number of benzene rings is 1. The van der Waals surface area contributed by atoms with Crippen LogP contribution in [-0.4, -0.2) is 16.1 Å². The summed E-state index contributed by atoms with van der Waals surface area (Å²) in [4.78, 5) is 4.34. The van der Waals surface area contributed by atoms with Gasteiger partial charge >= 0.3 is 0 Å². The molecule has 0 spiro atoms. The molecule has 0 amide bonds. The Kier molecular flexibility index (Phi) is 4.96. The van der Waals surface area contributed by atoms with Crippen LogP contribution in [0.4, 0.5) is 0 Å². The Morgan fingerprint density at radius 1 is 1.30 bits per heavy atom. The van der Waals surface area contributed by atoms with Crippen LogP contribution in [-0.2, 0) is 13.0 Å². The van der Waals surface area contributed by atoms with Crippen molar-refractivity contribution in [3.05, 3.63) is 53.9 Å². The van der Waals surface area contributed by atoms with Crippen LogP contribution in [0, 0.1) is 0 Å². The standard InChI is InChI=1S/C16H20N2O2/c1-2-13(17)9-14-6-7-16(10-18-14)20-11-12-4-3-5-15(19)8-12/h3-8,10,13,19H,2,9,11,17H2,1H3. The van der Waals surface area contributed by atoms with Gasteiger partial charge in [0.25, 0.3) is 0 Å². The number of hydrogen-bond acceptors (Lipinski definition) is 4. The third kappa shape index (κ3) is 4.24. The first kappa shape index (κ1) is 14.3. The Balaban J connectivity index is 1.90. The van der Waals surface area contributed by atoms with E-state index in [9.17, 15) is 5.11 Å². The molecule has 3 N–H and O–H groups in total. The molecule has 2 rings (SSSR count). The molecule has 4 nitrogen and oxygen atoms in total. The van der Waals surface area contributed by atoms with Crippen LogP contribution >= 0.6 is 0 Å². The molecular weight excluding hydrogens is 252 g/mol. The Bertz CT molecular complexity index is 540. The zero-order valence-corrected chi connectivity index (χ0v) is 11.6. The Hall–Kier alpha value is -2.07. The van der Waals surface area contributed by atoms with Gasteiger partial charge in [0.15, 0.2) is 0 Å². The van der Waals surface area contributed by atoms with Crippen molar-refractivity contribution in [2.24, 2.45) is 5.73 Å². The lowest BCUT2D eigenvalue weighted by atomic mass is 10.1. The van der Waals surface area contributed by atoms with E-state index in [4.69, 9.17) is 10.5 Å². The third-order valence-electron chi connectivity index (χ3n) is 3.11. The highest BCUT2D eigenvalue weighted by Gasteiger charge is 2.03. The zero-order valence-electron chi connectivity index (χ0n) is 11.6. The highest BCUT2D eigenvalue weighted by atomic mass is 16.5. The van der Waals surface area contributed by atoms with E-state index in [1.807, 2.05) is 18.2 Å². The molecule has 1 aromatic carbocycles. The molecule has 20 heavy (non-hydrogen) atoms. The highest BCUT2D eigenvalue weighted by Crippen LogP contribution is 2.15. The lowest BCUT2D eigenvalue weighted by molar-refractivity contribution is 0.304. The first-order valence-electron chi connectivity index (χ1n) is 6.78. The van der Waals surface area contributed by atoms with Gasteiger partial charge in [-0.1, -0.05) is 19.1 Å². The summed E-state index contributed by atoms with van der Waals surface area (Å²) >= 11 is 0. The number of aromatic nitrogens is 1. The fourth-order valence-corrected chi connectivity index (χ4v) is 1.84. The topological polar surface area (TPSA) is 68.4 Å². The quantitative estimate of drug-likeness (QED) is 0.848. The zero-order chi connectivity index (χ0) is 14.4. The molecule has 1 aromatic heterocycles. The number of phenols is 1. The second-order valence-corrected chi connectivity index (χ2v) is 4.82. The minimum atomic E-state index is 0.154. The van der Waals surface area contributed by atoms with E-state index in [-0.39, 0.29) is 11.8 Å². The van der Waals surface area contributed by atoms with E-state index in [1.165, 1.54) is 0 Å². The largest absolute Gasteiger partial charge is 0.508 e. The van der Waals surface area contributed by atoms with Crippen molar-refractivity contribution in [1.82, 2.24) is 4.98 Å². The highest BCUT2D eigenvalue weighted by molar-refractivity contribution is 5.27. The van der Waals surface area contributed by atoms with E-state index in [1.54, 1.807) is 24.4 Å². The number of nitrogens with zero attached hydrogens (tertiary/aromatic N) is 1. The van der Waals surface area contributed by atoms with Gasteiger partial charge in [0.05, 0.1) is 6.20 Å². The first-order valence-corrected chi connectivity index (χ1v) is 6.78. The van der Waals surface area contributed by atoms with Gasteiger partial charge in [0, 0.05) is 18.2 Å². The number of rotatable bonds is 6. The van der Waals surface area contributed by atoms with Crippen LogP contribution in [0.1, 0.15) is 24.6 Å². The predicted octanol–water partition coefficient (Wildman–Crippen LogP) is 2.65.